The van der Waals surface area contributed by atoms with Gasteiger partial charge in [0.15, 0.2) is 0 Å². The molecule has 3 aromatic rings. The van der Waals surface area contributed by atoms with Gasteiger partial charge in [0.25, 0.3) is 0 Å². The van der Waals surface area contributed by atoms with Crippen molar-refractivity contribution in [3.8, 4) is 0 Å². The van der Waals surface area contributed by atoms with Gasteiger partial charge >= 0.3 is 0 Å². The van der Waals surface area contributed by atoms with E-state index < -0.39 is 10.0 Å². The Labute approximate surface area is 151 Å². The summed E-state index contributed by atoms with van der Waals surface area (Å²) in [4.78, 5) is 5.02. The third-order valence-electron chi connectivity index (χ3n) is 4.56. The molecule has 1 saturated heterocycles. The summed E-state index contributed by atoms with van der Waals surface area (Å²) in [5.74, 6) is 0.148. The Kier molecular flexibility index (Phi) is 4.23. The molecule has 0 bridgehead atoms. The Balaban J connectivity index is 1.61. The fourth-order valence-corrected chi connectivity index (χ4v) is 5.83. The normalized spacial score (nSPS) is 19.3. The van der Waals surface area contributed by atoms with Crippen molar-refractivity contribution in [2.24, 2.45) is 0 Å². The molecule has 1 fully saturated rings. The molecule has 2 heterocycles. The first-order valence-corrected chi connectivity index (χ1v) is 10.5. The number of piperidine rings is 1. The van der Waals surface area contributed by atoms with Gasteiger partial charge in [0.05, 0.1) is 20.1 Å². The summed E-state index contributed by atoms with van der Waals surface area (Å²) < 4.78 is 28.6. The van der Waals surface area contributed by atoms with E-state index in [0.717, 1.165) is 28.1 Å². The van der Waals surface area contributed by atoms with E-state index in [1.165, 1.54) is 0 Å². The van der Waals surface area contributed by atoms with Crippen LogP contribution in [0.4, 0.5) is 5.69 Å². The summed E-state index contributed by atoms with van der Waals surface area (Å²) in [5.41, 5.74) is 7.22. The van der Waals surface area contributed by atoms with Crippen molar-refractivity contribution in [2.45, 2.75) is 23.7 Å². The molecule has 1 atom stereocenters. The van der Waals surface area contributed by atoms with Crippen molar-refractivity contribution in [3.05, 3.63) is 53.5 Å². The number of hydrogen-bond acceptors (Lipinski definition) is 5. The highest BCUT2D eigenvalue weighted by Crippen LogP contribution is 2.34. The minimum Gasteiger partial charge on any atom is -0.399 e. The second-order valence-corrected chi connectivity index (χ2v) is 9.29. The summed E-state index contributed by atoms with van der Waals surface area (Å²) in [7, 11) is -3.50. The molecule has 0 amide bonds. The number of nitrogens with two attached hydrogens (primary N) is 1. The molecule has 1 aromatic heterocycles. The number of rotatable bonds is 3. The highest BCUT2D eigenvalue weighted by Gasteiger charge is 2.32. The van der Waals surface area contributed by atoms with Crippen LogP contribution in [0.25, 0.3) is 10.2 Å². The van der Waals surface area contributed by atoms with Crippen molar-refractivity contribution >= 4 is 37.3 Å². The molecule has 5 nitrogen and oxygen atoms in total. The number of aromatic nitrogens is 1. The molecule has 25 heavy (non-hydrogen) atoms. The maximum absolute atomic E-state index is 12.9. The SMILES string of the molecule is Nc1ccc(S(=O)(=O)N2CCC[C@H](c3nc4ccccc4s3)C2)cc1. The highest BCUT2D eigenvalue weighted by molar-refractivity contribution is 7.89. The Morgan fingerprint density at radius 1 is 1.12 bits per heavy atom. The summed E-state index contributed by atoms with van der Waals surface area (Å²) in [6.07, 6.45) is 1.81. The molecule has 7 heteroatoms. The van der Waals surface area contributed by atoms with Crippen LogP contribution >= 0.6 is 11.3 Å². The summed E-state index contributed by atoms with van der Waals surface area (Å²) >= 11 is 1.67. The largest absolute Gasteiger partial charge is 0.399 e. The fraction of sp³-hybridized carbons (Fsp3) is 0.278. The topological polar surface area (TPSA) is 76.3 Å². The molecule has 2 aromatic carbocycles. The highest BCUT2D eigenvalue weighted by atomic mass is 32.2. The smallest absolute Gasteiger partial charge is 0.243 e. The minimum absolute atomic E-state index is 0.148. The van der Waals surface area contributed by atoms with Crippen molar-refractivity contribution in [3.63, 3.8) is 0 Å². The molecule has 130 valence electrons. The molecule has 0 radical (unpaired) electrons. The third-order valence-corrected chi connectivity index (χ3v) is 7.64. The quantitative estimate of drug-likeness (QED) is 0.714. The molecule has 4 rings (SSSR count). The van der Waals surface area contributed by atoms with E-state index in [9.17, 15) is 8.42 Å². The standard InChI is InChI=1S/C18H19N3O2S2/c19-14-7-9-15(10-8-14)25(22,23)21-11-3-4-13(12-21)18-20-16-5-1-2-6-17(16)24-18/h1-2,5-10,13H,3-4,11-12,19H2/t13-/m0/s1. The first-order chi connectivity index (χ1) is 12.0. The lowest BCUT2D eigenvalue weighted by Gasteiger charge is -2.31. The van der Waals surface area contributed by atoms with Crippen LogP contribution in [0.15, 0.2) is 53.4 Å². The van der Waals surface area contributed by atoms with Crippen LogP contribution in [-0.4, -0.2) is 30.8 Å². The molecule has 0 saturated carbocycles. The Hall–Kier alpha value is -1.96. The van der Waals surface area contributed by atoms with Gasteiger partial charge in [-0.25, -0.2) is 13.4 Å². The van der Waals surface area contributed by atoms with Gasteiger partial charge in [0, 0.05) is 24.7 Å². The van der Waals surface area contributed by atoms with E-state index in [4.69, 9.17) is 10.7 Å². The number of hydrogen-bond donors (Lipinski definition) is 1. The lowest BCUT2D eigenvalue weighted by atomic mass is 10.0. The number of para-hydroxylation sites is 1. The average Bonchev–Trinajstić information content (AvgIpc) is 3.06. The Morgan fingerprint density at radius 3 is 2.64 bits per heavy atom. The molecule has 0 aliphatic carbocycles. The number of anilines is 1. The van der Waals surface area contributed by atoms with Gasteiger partial charge in [0.1, 0.15) is 0 Å². The van der Waals surface area contributed by atoms with Gasteiger partial charge in [-0.15, -0.1) is 11.3 Å². The van der Waals surface area contributed by atoms with E-state index in [-0.39, 0.29) is 5.92 Å². The van der Waals surface area contributed by atoms with Gasteiger partial charge < -0.3 is 5.73 Å². The van der Waals surface area contributed by atoms with E-state index in [2.05, 4.69) is 6.07 Å². The molecule has 2 N–H and O–H groups in total. The monoisotopic (exact) mass is 373 g/mol. The first-order valence-electron chi connectivity index (χ1n) is 8.25. The predicted molar refractivity (Wildman–Crippen MR) is 101 cm³/mol. The fourth-order valence-electron chi connectivity index (χ4n) is 3.22. The summed E-state index contributed by atoms with van der Waals surface area (Å²) in [6.45, 7) is 1.03. The molecule has 1 aliphatic rings. The summed E-state index contributed by atoms with van der Waals surface area (Å²) in [5, 5.41) is 1.03. The van der Waals surface area contributed by atoms with Crippen LogP contribution in [0.2, 0.25) is 0 Å². The third kappa shape index (κ3) is 3.15. The molecule has 1 aliphatic heterocycles. The molecule has 0 spiro atoms. The molecule has 0 unspecified atom stereocenters. The van der Waals surface area contributed by atoms with Crippen LogP contribution in [0.1, 0.15) is 23.8 Å². The molecular formula is C18H19N3O2S2. The number of thiazole rings is 1. The maximum atomic E-state index is 12.9. The Bertz CT molecular complexity index is 964. The number of nitrogen functional groups attached to an aromatic ring is 1. The van der Waals surface area contributed by atoms with Gasteiger partial charge in [-0.3, -0.25) is 0 Å². The zero-order chi connectivity index (χ0) is 17.4. The van der Waals surface area contributed by atoms with Crippen molar-refractivity contribution in [1.29, 1.82) is 0 Å². The summed E-state index contributed by atoms with van der Waals surface area (Å²) in [6, 6.07) is 14.4. The van der Waals surface area contributed by atoms with Gasteiger partial charge in [-0.2, -0.15) is 4.31 Å². The lowest BCUT2D eigenvalue weighted by molar-refractivity contribution is 0.315. The van der Waals surface area contributed by atoms with Crippen LogP contribution in [0.3, 0.4) is 0 Å². The first kappa shape index (κ1) is 16.5. The number of benzene rings is 2. The molecular weight excluding hydrogens is 354 g/mol. The van der Waals surface area contributed by atoms with Crippen LogP contribution in [-0.2, 0) is 10.0 Å². The number of fused-ring (bicyclic) bond motifs is 1. The zero-order valence-corrected chi connectivity index (χ0v) is 15.3. The van der Waals surface area contributed by atoms with Crippen molar-refractivity contribution in [1.82, 2.24) is 9.29 Å². The van der Waals surface area contributed by atoms with E-state index in [1.807, 2.05) is 18.2 Å². The van der Waals surface area contributed by atoms with Crippen LogP contribution in [0, 0.1) is 0 Å². The maximum Gasteiger partial charge on any atom is 0.243 e. The van der Waals surface area contributed by atoms with Crippen molar-refractivity contribution < 1.29 is 8.42 Å². The minimum atomic E-state index is -3.50. The Morgan fingerprint density at radius 2 is 1.88 bits per heavy atom. The van der Waals surface area contributed by atoms with Gasteiger partial charge in [0.2, 0.25) is 10.0 Å². The second kappa shape index (κ2) is 6.40. The predicted octanol–water partition coefficient (Wildman–Crippen LogP) is 3.45. The van der Waals surface area contributed by atoms with Crippen LogP contribution < -0.4 is 5.73 Å². The number of sulfonamides is 1. The second-order valence-electron chi connectivity index (χ2n) is 6.29. The zero-order valence-electron chi connectivity index (χ0n) is 13.6. The lowest BCUT2D eigenvalue weighted by Crippen LogP contribution is -2.39. The van der Waals surface area contributed by atoms with Crippen molar-refractivity contribution in [2.75, 3.05) is 18.8 Å². The average molecular weight is 374 g/mol. The number of nitrogens with zero attached hydrogens (tertiary/aromatic N) is 2. The van der Waals surface area contributed by atoms with Gasteiger partial charge in [-0.05, 0) is 49.2 Å². The van der Waals surface area contributed by atoms with E-state index in [0.29, 0.717) is 23.7 Å². The van der Waals surface area contributed by atoms with E-state index in [1.54, 1.807) is 39.9 Å². The van der Waals surface area contributed by atoms with Gasteiger partial charge in [-0.1, -0.05) is 12.1 Å². The van der Waals surface area contributed by atoms with E-state index >= 15 is 0 Å². The van der Waals surface area contributed by atoms with Crippen LogP contribution in [0.5, 0.6) is 0 Å².